The molecule has 0 aromatic heterocycles. The van der Waals surface area contributed by atoms with E-state index in [1.165, 1.54) is 128 Å². The van der Waals surface area contributed by atoms with Crippen molar-refractivity contribution < 1.29 is 9.53 Å². The van der Waals surface area contributed by atoms with Gasteiger partial charge in [0.15, 0.2) is 0 Å². The zero-order chi connectivity index (χ0) is 22.8. The molecule has 0 spiro atoms. The lowest BCUT2D eigenvalue weighted by Gasteiger charge is -2.17. The van der Waals surface area contributed by atoms with Crippen LogP contribution in [0.2, 0.25) is 0 Å². The van der Waals surface area contributed by atoms with Crippen molar-refractivity contribution in [2.24, 2.45) is 5.92 Å². The van der Waals surface area contributed by atoms with Crippen LogP contribution in [0.4, 0.5) is 0 Å². The second kappa shape index (κ2) is 25.7. The van der Waals surface area contributed by atoms with Crippen LogP contribution in [0.3, 0.4) is 0 Å². The van der Waals surface area contributed by atoms with Gasteiger partial charge in [-0.05, 0) is 18.8 Å². The average molecular weight is 439 g/mol. The van der Waals surface area contributed by atoms with Crippen LogP contribution in [0.1, 0.15) is 168 Å². The quantitative estimate of drug-likeness (QED) is 0.105. The topological polar surface area (TPSA) is 26.3 Å². The molecule has 31 heavy (non-hydrogen) atoms. The molecule has 0 fully saturated rings. The second-order valence-corrected chi connectivity index (χ2v) is 9.86. The van der Waals surface area contributed by atoms with Gasteiger partial charge in [-0.25, -0.2) is 0 Å². The van der Waals surface area contributed by atoms with Crippen molar-refractivity contribution in [1.29, 1.82) is 0 Å². The van der Waals surface area contributed by atoms with E-state index in [1.54, 1.807) is 0 Å². The van der Waals surface area contributed by atoms with Gasteiger partial charge in [0.25, 0.3) is 0 Å². The molecule has 0 radical (unpaired) electrons. The van der Waals surface area contributed by atoms with E-state index in [4.69, 9.17) is 4.74 Å². The molecular formula is C29H58O2. The molecule has 1 unspecified atom stereocenters. The van der Waals surface area contributed by atoms with Gasteiger partial charge in [-0.2, -0.15) is 0 Å². The van der Waals surface area contributed by atoms with Gasteiger partial charge in [0.1, 0.15) is 0 Å². The fraction of sp³-hybridized carbons (Fsp3) is 0.966. The van der Waals surface area contributed by atoms with E-state index in [1.807, 2.05) is 6.92 Å². The van der Waals surface area contributed by atoms with Gasteiger partial charge in [0, 0.05) is 6.42 Å². The zero-order valence-corrected chi connectivity index (χ0v) is 21.9. The molecule has 0 aliphatic heterocycles. The maximum atomic E-state index is 11.7. The highest BCUT2D eigenvalue weighted by Crippen LogP contribution is 2.22. The minimum absolute atomic E-state index is 0.00716. The van der Waals surface area contributed by atoms with E-state index < -0.39 is 0 Å². The van der Waals surface area contributed by atoms with Crippen molar-refractivity contribution in [3.63, 3.8) is 0 Å². The molecule has 2 nitrogen and oxygen atoms in total. The summed E-state index contributed by atoms with van der Waals surface area (Å²) in [6, 6.07) is 0. The van der Waals surface area contributed by atoms with Gasteiger partial charge < -0.3 is 4.74 Å². The van der Waals surface area contributed by atoms with Gasteiger partial charge in [-0.3, -0.25) is 4.79 Å². The number of unbranched alkanes of at least 4 members (excludes halogenated alkanes) is 16. The van der Waals surface area contributed by atoms with Crippen molar-refractivity contribution in [2.75, 3.05) is 6.61 Å². The van der Waals surface area contributed by atoms with Crippen LogP contribution in [0.15, 0.2) is 0 Å². The summed E-state index contributed by atoms with van der Waals surface area (Å²) in [5, 5.41) is 0. The van der Waals surface area contributed by atoms with Crippen molar-refractivity contribution in [3.8, 4) is 0 Å². The highest BCUT2D eigenvalue weighted by Gasteiger charge is 2.10. The fourth-order valence-electron chi connectivity index (χ4n) is 4.54. The average Bonchev–Trinajstić information content (AvgIpc) is 2.76. The number of ether oxygens (including phenoxy) is 1. The van der Waals surface area contributed by atoms with E-state index >= 15 is 0 Å². The molecule has 0 aliphatic carbocycles. The molecule has 0 bridgehead atoms. The molecule has 186 valence electrons. The second-order valence-electron chi connectivity index (χ2n) is 9.86. The number of carbonyl (C=O) groups is 1. The van der Waals surface area contributed by atoms with Crippen molar-refractivity contribution in [2.45, 2.75) is 168 Å². The van der Waals surface area contributed by atoms with E-state index in [0.29, 0.717) is 13.0 Å². The van der Waals surface area contributed by atoms with Crippen molar-refractivity contribution >= 4 is 5.97 Å². The van der Waals surface area contributed by atoms with Crippen molar-refractivity contribution in [1.82, 2.24) is 0 Å². The lowest BCUT2D eigenvalue weighted by atomic mass is 9.91. The molecule has 2 heteroatoms. The molecular weight excluding hydrogens is 380 g/mol. The van der Waals surface area contributed by atoms with Gasteiger partial charge in [-0.1, -0.05) is 149 Å². The van der Waals surface area contributed by atoms with Gasteiger partial charge in [0.2, 0.25) is 0 Å². The lowest BCUT2D eigenvalue weighted by Crippen LogP contribution is -2.10. The van der Waals surface area contributed by atoms with Gasteiger partial charge in [-0.15, -0.1) is 0 Å². The number of carbonyl (C=O) groups excluding carboxylic acids is 1. The first kappa shape index (κ1) is 30.5. The fourth-order valence-corrected chi connectivity index (χ4v) is 4.54. The summed E-state index contributed by atoms with van der Waals surface area (Å²) in [6.07, 6.45) is 30.4. The summed E-state index contributed by atoms with van der Waals surface area (Å²) in [5.41, 5.74) is 0. The molecule has 0 aromatic carbocycles. The minimum atomic E-state index is -0.00716. The minimum Gasteiger partial charge on any atom is -0.466 e. The highest BCUT2D eigenvalue weighted by molar-refractivity contribution is 5.69. The summed E-state index contributed by atoms with van der Waals surface area (Å²) in [7, 11) is 0. The number of esters is 1. The first-order valence-electron chi connectivity index (χ1n) is 14.4. The Labute approximate surface area is 196 Å². The number of hydrogen-bond acceptors (Lipinski definition) is 2. The third-order valence-corrected chi connectivity index (χ3v) is 6.68. The molecule has 0 saturated carbocycles. The van der Waals surface area contributed by atoms with Crippen LogP contribution < -0.4 is 0 Å². The standard InChI is InChI=1S/C29H58O2/c1-4-7-9-11-13-15-16-18-20-22-25-28(26-27-31-29(30)23-6-3)24-21-19-17-14-12-10-8-5-2/h28H,4-27H2,1-3H3. The molecule has 0 saturated heterocycles. The van der Waals surface area contributed by atoms with Crippen LogP contribution in [-0.2, 0) is 9.53 Å². The Hall–Kier alpha value is -0.530. The predicted octanol–water partition coefficient (Wildman–Crippen LogP) is 10.2. The Morgan fingerprint density at radius 2 is 0.903 bits per heavy atom. The first-order chi connectivity index (χ1) is 15.2. The van der Waals surface area contributed by atoms with Crippen LogP contribution in [0, 0.1) is 5.92 Å². The molecule has 0 aliphatic rings. The Kier molecular flexibility index (Phi) is 25.3. The molecule has 0 rings (SSSR count). The maximum Gasteiger partial charge on any atom is 0.305 e. The highest BCUT2D eigenvalue weighted by atomic mass is 16.5. The maximum absolute atomic E-state index is 11.7. The molecule has 1 atom stereocenters. The van der Waals surface area contributed by atoms with Crippen molar-refractivity contribution in [3.05, 3.63) is 0 Å². The third kappa shape index (κ3) is 24.0. The predicted molar refractivity (Wildman–Crippen MR) is 138 cm³/mol. The summed E-state index contributed by atoms with van der Waals surface area (Å²) in [6.45, 7) is 7.25. The van der Waals surface area contributed by atoms with E-state index in [0.717, 1.165) is 18.8 Å². The molecule has 0 N–H and O–H groups in total. The Morgan fingerprint density at radius 3 is 1.29 bits per heavy atom. The Morgan fingerprint density at radius 1 is 0.516 bits per heavy atom. The molecule has 0 amide bonds. The summed E-state index contributed by atoms with van der Waals surface area (Å²) in [4.78, 5) is 11.7. The number of hydrogen-bond donors (Lipinski definition) is 0. The van der Waals surface area contributed by atoms with Gasteiger partial charge >= 0.3 is 5.97 Å². The smallest absolute Gasteiger partial charge is 0.305 e. The number of rotatable bonds is 25. The third-order valence-electron chi connectivity index (χ3n) is 6.68. The monoisotopic (exact) mass is 438 g/mol. The molecule has 0 heterocycles. The normalized spacial score (nSPS) is 12.2. The van der Waals surface area contributed by atoms with Crippen LogP contribution in [0.25, 0.3) is 0 Å². The van der Waals surface area contributed by atoms with E-state index in [2.05, 4.69) is 13.8 Å². The Balaban J connectivity index is 3.87. The summed E-state index contributed by atoms with van der Waals surface area (Å²) >= 11 is 0. The Bertz CT molecular complexity index is 353. The van der Waals surface area contributed by atoms with E-state index in [9.17, 15) is 4.79 Å². The SMILES string of the molecule is CCCCCCCCCCCCC(CCCCCCCCCC)CCOC(=O)CCC. The largest absolute Gasteiger partial charge is 0.466 e. The van der Waals surface area contributed by atoms with Crippen LogP contribution in [-0.4, -0.2) is 12.6 Å². The van der Waals surface area contributed by atoms with Crippen LogP contribution in [0.5, 0.6) is 0 Å². The molecule has 0 aromatic rings. The van der Waals surface area contributed by atoms with E-state index in [-0.39, 0.29) is 5.97 Å². The van der Waals surface area contributed by atoms with Gasteiger partial charge in [0.05, 0.1) is 6.61 Å². The summed E-state index contributed by atoms with van der Waals surface area (Å²) < 4.78 is 5.46. The van der Waals surface area contributed by atoms with Crippen LogP contribution >= 0.6 is 0 Å². The zero-order valence-electron chi connectivity index (χ0n) is 21.9. The first-order valence-corrected chi connectivity index (χ1v) is 14.4. The lowest BCUT2D eigenvalue weighted by molar-refractivity contribution is -0.144. The summed E-state index contributed by atoms with van der Waals surface area (Å²) in [5.74, 6) is 0.746.